The second kappa shape index (κ2) is 8.23. The van der Waals surface area contributed by atoms with Crippen molar-refractivity contribution in [3.8, 4) is 0 Å². The second-order valence-electron chi connectivity index (χ2n) is 6.60. The van der Waals surface area contributed by atoms with Crippen molar-refractivity contribution in [2.45, 2.75) is 54.9 Å². The molecule has 0 bridgehead atoms. The summed E-state index contributed by atoms with van der Waals surface area (Å²) < 4.78 is 9.36. The van der Waals surface area contributed by atoms with Gasteiger partial charge in [-0.2, -0.15) is 0 Å². The van der Waals surface area contributed by atoms with Gasteiger partial charge in [0.15, 0.2) is 0 Å². The Bertz CT molecular complexity index is 243. The van der Waals surface area contributed by atoms with Crippen molar-refractivity contribution in [2.24, 2.45) is 17.8 Å². The van der Waals surface area contributed by atoms with E-state index < -0.39 is 18.8 Å². The molecule has 0 heterocycles. The molecular formula is C15H30O2Sn. The van der Waals surface area contributed by atoms with Crippen molar-refractivity contribution in [2.75, 3.05) is 0 Å². The number of carbonyl (C=O) groups excluding carboxylic acids is 1. The summed E-state index contributed by atoms with van der Waals surface area (Å²) in [5, 5.41) is 0. The Balaban J connectivity index is 5.09. The molecular weight excluding hydrogens is 331 g/mol. The van der Waals surface area contributed by atoms with Crippen molar-refractivity contribution in [1.82, 2.24) is 0 Å². The van der Waals surface area contributed by atoms with E-state index >= 15 is 0 Å². The van der Waals surface area contributed by atoms with E-state index in [2.05, 4.69) is 48.1 Å². The summed E-state index contributed by atoms with van der Waals surface area (Å²) in [6, 6.07) is 0. The number of rotatable bonds is 8. The van der Waals surface area contributed by atoms with E-state index in [1.807, 2.05) is 0 Å². The van der Waals surface area contributed by atoms with E-state index in [1.165, 1.54) is 6.08 Å². The van der Waals surface area contributed by atoms with E-state index in [4.69, 9.17) is 3.07 Å². The van der Waals surface area contributed by atoms with Crippen LogP contribution in [0.25, 0.3) is 0 Å². The molecule has 0 aliphatic heterocycles. The summed E-state index contributed by atoms with van der Waals surface area (Å²) >= 11 is -2.84. The van der Waals surface area contributed by atoms with Crippen molar-refractivity contribution < 1.29 is 7.87 Å². The van der Waals surface area contributed by atoms with Crippen molar-refractivity contribution >= 4 is 24.8 Å². The molecule has 0 saturated heterocycles. The summed E-state index contributed by atoms with van der Waals surface area (Å²) in [6.07, 6.45) is 1.33. The zero-order chi connectivity index (χ0) is 14.3. The molecule has 0 saturated carbocycles. The molecule has 0 atom stereocenters. The van der Waals surface area contributed by atoms with Crippen LogP contribution in [-0.2, 0) is 7.87 Å². The molecule has 0 aliphatic carbocycles. The van der Waals surface area contributed by atoms with Crippen molar-refractivity contribution in [3.63, 3.8) is 0 Å². The van der Waals surface area contributed by atoms with Crippen LogP contribution in [0.5, 0.6) is 0 Å². The van der Waals surface area contributed by atoms with Gasteiger partial charge >= 0.3 is 118 Å². The fraction of sp³-hybridized carbons (Fsp3) is 0.800. The van der Waals surface area contributed by atoms with Crippen molar-refractivity contribution in [1.29, 1.82) is 0 Å². The molecule has 0 aromatic heterocycles. The van der Waals surface area contributed by atoms with E-state index in [9.17, 15) is 4.79 Å². The first-order valence-electron chi connectivity index (χ1n) is 7.06. The van der Waals surface area contributed by atoms with Gasteiger partial charge in [0.05, 0.1) is 0 Å². The minimum atomic E-state index is -2.84. The van der Waals surface area contributed by atoms with E-state index in [1.54, 1.807) is 0 Å². The predicted octanol–water partition coefficient (Wildman–Crippen LogP) is 4.63. The molecule has 0 amide bonds. The molecule has 2 nitrogen and oxygen atoms in total. The molecule has 3 heteroatoms. The van der Waals surface area contributed by atoms with Gasteiger partial charge in [-0.25, -0.2) is 0 Å². The summed E-state index contributed by atoms with van der Waals surface area (Å²) in [6.45, 7) is 16.9. The normalized spacial score (nSPS) is 12.3. The van der Waals surface area contributed by atoms with Crippen LogP contribution >= 0.6 is 0 Å². The van der Waals surface area contributed by atoms with Gasteiger partial charge in [-0.05, 0) is 0 Å². The van der Waals surface area contributed by atoms with Crippen LogP contribution < -0.4 is 0 Å². The zero-order valence-electron chi connectivity index (χ0n) is 13.0. The maximum absolute atomic E-state index is 11.7. The van der Waals surface area contributed by atoms with E-state index in [-0.39, 0.29) is 5.97 Å². The molecule has 0 rings (SSSR count). The predicted molar refractivity (Wildman–Crippen MR) is 81.0 cm³/mol. The van der Waals surface area contributed by atoms with Crippen LogP contribution in [0.3, 0.4) is 0 Å². The fourth-order valence-electron chi connectivity index (χ4n) is 2.86. The molecule has 0 N–H and O–H groups in total. The van der Waals surface area contributed by atoms with E-state index in [0.29, 0.717) is 17.8 Å². The maximum atomic E-state index is 11.7. The molecule has 0 unspecified atom stereocenters. The summed E-state index contributed by atoms with van der Waals surface area (Å²) in [5.74, 6) is 1.62. The Labute approximate surface area is 118 Å². The number of hydrogen-bond acceptors (Lipinski definition) is 2. The molecule has 0 aromatic rings. The summed E-state index contributed by atoms with van der Waals surface area (Å²) in [5.41, 5.74) is 0. The van der Waals surface area contributed by atoms with Gasteiger partial charge in [0.1, 0.15) is 0 Å². The van der Waals surface area contributed by atoms with Gasteiger partial charge in [-0.3, -0.25) is 0 Å². The number of hydrogen-bond donors (Lipinski definition) is 0. The van der Waals surface area contributed by atoms with Gasteiger partial charge < -0.3 is 0 Å². The molecule has 0 aromatic carbocycles. The zero-order valence-corrected chi connectivity index (χ0v) is 15.8. The molecule has 0 fully saturated rings. The van der Waals surface area contributed by atoms with Crippen LogP contribution in [0.4, 0.5) is 0 Å². The van der Waals surface area contributed by atoms with Gasteiger partial charge in [0.2, 0.25) is 0 Å². The van der Waals surface area contributed by atoms with Gasteiger partial charge in [-0.1, -0.05) is 0 Å². The third-order valence-corrected chi connectivity index (χ3v) is 18.0. The Morgan fingerprint density at radius 1 is 1.00 bits per heavy atom. The van der Waals surface area contributed by atoms with Crippen LogP contribution in [-0.4, -0.2) is 24.8 Å². The molecule has 18 heavy (non-hydrogen) atoms. The van der Waals surface area contributed by atoms with Crippen molar-refractivity contribution in [3.05, 3.63) is 12.7 Å². The van der Waals surface area contributed by atoms with Crippen LogP contribution in [0.1, 0.15) is 41.5 Å². The van der Waals surface area contributed by atoms with Gasteiger partial charge in [0, 0.05) is 0 Å². The molecule has 0 spiro atoms. The number of carbonyl (C=O) groups is 1. The molecule has 0 aliphatic rings. The fourth-order valence-corrected chi connectivity index (χ4v) is 19.2. The second-order valence-corrected chi connectivity index (χ2v) is 17.4. The van der Waals surface area contributed by atoms with Gasteiger partial charge in [-0.15, -0.1) is 0 Å². The quantitative estimate of drug-likeness (QED) is 0.466. The van der Waals surface area contributed by atoms with Gasteiger partial charge in [0.25, 0.3) is 0 Å². The van der Waals surface area contributed by atoms with Crippen LogP contribution in [0.15, 0.2) is 12.7 Å². The molecule has 106 valence electrons. The summed E-state index contributed by atoms with van der Waals surface area (Å²) in [4.78, 5) is 11.7. The first-order valence-corrected chi connectivity index (χ1v) is 14.3. The van der Waals surface area contributed by atoms with E-state index in [0.717, 1.165) is 13.3 Å². The monoisotopic (exact) mass is 362 g/mol. The van der Waals surface area contributed by atoms with Crippen LogP contribution in [0.2, 0.25) is 13.3 Å². The average molecular weight is 361 g/mol. The standard InChI is InChI=1S/3C4H9.C3H4O2.Sn/c3*1-4(2)3;1-2-3(4)5;/h3*4H,1H2,2-3H3;2H,1H2,(H,4,5);/q;;;;+1/p-1. The summed E-state index contributed by atoms with van der Waals surface area (Å²) in [7, 11) is 0. The Hall–Kier alpha value is 0.00870. The Morgan fingerprint density at radius 2 is 1.33 bits per heavy atom. The molecule has 0 radical (unpaired) electrons. The third-order valence-electron chi connectivity index (χ3n) is 2.82. The average Bonchev–Trinajstić information content (AvgIpc) is 2.12. The van der Waals surface area contributed by atoms with Crippen LogP contribution in [0, 0.1) is 17.8 Å². The third kappa shape index (κ3) is 7.44. The minimum absolute atomic E-state index is 0.201. The first kappa shape index (κ1) is 18.0. The SMILES string of the molecule is C=CC(=O)[O][Sn]([CH2]C(C)C)([CH2]C(C)C)[CH2]C(C)C. The Kier molecular flexibility index (Phi) is 8.24. The topological polar surface area (TPSA) is 26.3 Å². The first-order chi connectivity index (χ1) is 8.20. The Morgan fingerprint density at radius 3 is 1.56 bits per heavy atom.